The van der Waals surface area contributed by atoms with E-state index in [0.29, 0.717) is 13.1 Å². The van der Waals surface area contributed by atoms with Crippen LogP contribution in [0.3, 0.4) is 0 Å². The Morgan fingerprint density at radius 3 is 2.41 bits per heavy atom. The van der Waals surface area contributed by atoms with E-state index in [9.17, 15) is 13.6 Å². The maximum Gasteiger partial charge on any atom is 0.387 e. The van der Waals surface area contributed by atoms with E-state index in [2.05, 4.69) is 10.8 Å². The Balaban J connectivity index is 1.97. The number of halogens is 2. The van der Waals surface area contributed by atoms with Gasteiger partial charge in [-0.3, -0.25) is 9.69 Å². The molecule has 0 aliphatic heterocycles. The van der Waals surface area contributed by atoms with Crippen molar-refractivity contribution in [1.82, 2.24) is 4.90 Å². The molecule has 0 aromatic heterocycles. The largest absolute Gasteiger partial charge is 0.435 e. The molecule has 0 N–H and O–H groups in total. The lowest BCUT2D eigenvalue weighted by Gasteiger charge is -2.25. The highest BCUT2D eigenvalue weighted by Crippen LogP contribution is 2.17. The van der Waals surface area contributed by atoms with Crippen LogP contribution in [0, 0.1) is 11.3 Å². The standard InChI is InChI=1S/C20H21F2N3O2/c1-24(14-16-8-10-18(11-9-16)27-20(21)22)15-19(26)25(13-5-12-23)17-6-3-2-4-7-17/h2-4,6-11,20H,5,13-15H2,1H3. The molecule has 2 rings (SSSR count). The van der Waals surface area contributed by atoms with Gasteiger partial charge in [0.2, 0.25) is 5.91 Å². The number of ether oxygens (including phenoxy) is 1. The molecule has 142 valence electrons. The lowest BCUT2D eigenvalue weighted by Crippen LogP contribution is -2.39. The zero-order valence-corrected chi connectivity index (χ0v) is 15.0. The van der Waals surface area contributed by atoms with Crippen LogP contribution in [-0.2, 0) is 11.3 Å². The molecule has 0 saturated heterocycles. The van der Waals surface area contributed by atoms with Gasteiger partial charge in [-0.1, -0.05) is 30.3 Å². The van der Waals surface area contributed by atoms with E-state index in [1.165, 1.54) is 12.1 Å². The second-order valence-electron chi connectivity index (χ2n) is 5.98. The summed E-state index contributed by atoms with van der Waals surface area (Å²) < 4.78 is 28.7. The number of hydrogen-bond acceptors (Lipinski definition) is 4. The van der Waals surface area contributed by atoms with Crippen LogP contribution in [0.2, 0.25) is 0 Å². The summed E-state index contributed by atoms with van der Waals surface area (Å²) in [5, 5.41) is 8.84. The summed E-state index contributed by atoms with van der Waals surface area (Å²) >= 11 is 0. The second kappa shape index (κ2) is 10.2. The molecule has 7 heteroatoms. The van der Waals surface area contributed by atoms with Crippen molar-refractivity contribution in [2.75, 3.05) is 25.0 Å². The minimum Gasteiger partial charge on any atom is -0.435 e. The van der Waals surface area contributed by atoms with Gasteiger partial charge in [-0.05, 0) is 36.9 Å². The van der Waals surface area contributed by atoms with E-state index in [1.807, 2.05) is 35.2 Å². The molecule has 5 nitrogen and oxygen atoms in total. The van der Waals surface area contributed by atoms with E-state index in [-0.39, 0.29) is 24.6 Å². The number of rotatable bonds is 9. The van der Waals surface area contributed by atoms with Gasteiger partial charge in [-0.15, -0.1) is 0 Å². The Labute approximate surface area is 157 Å². The average Bonchev–Trinajstić information content (AvgIpc) is 2.64. The van der Waals surface area contributed by atoms with Crippen molar-refractivity contribution in [2.45, 2.75) is 19.6 Å². The molecule has 0 aliphatic carbocycles. The third-order valence-electron chi connectivity index (χ3n) is 3.82. The lowest BCUT2D eigenvalue weighted by atomic mass is 10.2. The fourth-order valence-corrected chi connectivity index (χ4v) is 2.63. The second-order valence-corrected chi connectivity index (χ2v) is 5.98. The first kappa shape index (κ1) is 20.3. The number of alkyl halides is 2. The van der Waals surface area contributed by atoms with Gasteiger partial charge < -0.3 is 9.64 Å². The van der Waals surface area contributed by atoms with Gasteiger partial charge in [-0.2, -0.15) is 14.0 Å². The first-order valence-electron chi connectivity index (χ1n) is 8.44. The molecule has 27 heavy (non-hydrogen) atoms. The average molecular weight is 373 g/mol. The van der Waals surface area contributed by atoms with Gasteiger partial charge in [0.25, 0.3) is 0 Å². The first-order chi connectivity index (χ1) is 13.0. The number of likely N-dealkylation sites (N-methyl/N-ethyl adjacent to an activating group) is 1. The minimum absolute atomic E-state index is 0.0965. The number of nitrogens with zero attached hydrogens (tertiary/aromatic N) is 3. The highest BCUT2D eigenvalue weighted by Gasteiger charge is 2.17. The van der Waals surface area contributed by atoms with Gasteiger partial charge in [0.15, 0.2) is 0 Å². The van der Waals surface area contributed by atoms with Crippen LogP contribution in [0.15, 0.2) is 54.6 Å². The Kier molecular flexibility index (Phi) is 7.71. The van der Waals surface area contributed by atoms with Crippen LogP contribution < -0.4 is 9.64 Å². The summed E-state index contributed by atoms with van der Waals surface area (Å²) in [6.07, 6.45) is 0.246. The zero-order valence-electron chi connectivity index (χ0n) is 15.0. The van der Waals surface area contributed by atoms with Gasteiger partial charge in [0.05, 0.1) is 19.0 Å². The van der Waals surface area contributed by atoms with Crippen LogP contribution in [0.4, 0.5) is 14.5 Å². The molecule has 0 heterocycles. The molecule has 0 unspecified atom stereocenters. The lowest BCUT2D eigenvalue weighted by molar-refractivity contribution is -0.119. The van der Waals surface area contributed by atoms with Crippen molar-refractivity contribution >= 4 is 11.6 Å². The smallest absolute Gasteiger partial charge is 0.387 e. The summed E-state index contributed by atoms with van der Waals surface area (Å²) in [7, 11) is 1.80. The highest BCUT2D eigenvalue weighted by molar-refractivity contribution is 5.94. The van der Waals surface area contributed by atoms with Gasteiger partial charge in [0.1, 0.15) is 5.75 Å². The first-order valence-corrected chi connectivity index (χ1v) is 8.44. The van der Waals surface area contributed by atoms with E-state index in [4.69, 9.17) is 5.26 Å². The highest BCUT2D eigenvalue weighted by atomic mass is 19.3. The summed E-state index contributed by atoms with van der Waals surface area (Å²) in [6.45, 7) is -1.89. The molecule has 0 radical (unpaired) electrons. The summed E-state index contributed by atoms with van der Waals surface area (Å²) in [6, 6.07) is 17.6. The van der Waals surface area contributed by atoms with Crippen molar-refractivity contribution in [2.24, 2.45) is 0 Å². The van der Waals surface area contributed by atoms with E-state index >= 15 is 0 Å². The number of carbonyl (C=O) groups is 1. The topological polar surface area (TPSA) is 56.6 Å². The quantitative estimate of drug-likeness (QED) is 0.673. The molecule has 1 amide bonds. The van der Waals surface area contributed by atoms with E-state index in [0.717, 1.165) is 11.3 Å². The van der Waals surface area contributed by atoms with Crippen molar-refractivity contribution in [3.63, 3.8) is 0 Å². The van der Waals surface area contributed by atoms with Gasteiger partial charge in [0, 0.05) is 18.8 Å². The molecule has 0 aliphatic rings. The van der Waals surface area contributed by atoms with Crippen molar-refractivity contribution in [3.05, 3.63) is 60.2 Å². The minimum atomic E-state index is -2.85. The zero-order chi connectivity index (χ0) is 19.6. The number of carbonyl (C=O) groups excluding carboxylic acids is 1. The number of para-hydroxylation sites is 1. The molecule has 2 aromatic rings. The number of anilines is 1. The monoisotopic (exact) mass is 373 g/mol. The predicted molar refractivity (Wildman–Crippen MR) is 98.4 cm³/mol. The van der Waals surface area contributed by atoms with E-state index in [1.54, 1.807) is 24.1 Å². The van der Waals surface area contributed by atoms with Crippen LogP contribution in [-0.4, -0.2) is 37.6 Å². The Morgan fingerprint density at radius 2 is 1.81 bits per heavy atom. The van der Waals surface area contributed by atoms with Crippen LogP contribution in [0.1, 0.15) is 12.0 Å². The van der Waals surface area contributed by atoms with Crippen molar-refractivity contribution in [1.29, 1.82) is 5.26 Å². The summed E-state index contributed by atoms with van der Waals surface area (Å²) in [4.78, 5) is 16.1. The third-order valence-corrected chi connectivity index (χ3v) is 3.82. The molecule has 0 atom stereocenters. The number of nitriles is 1. The van der Waals surface area contributed by atoms with Gasteiger partial charge >= 0.3 is 6.61 Å². The predicted octanol–water partition coefficient (Wildman–Crippen LogP) is 3.67. The van der Waals surface area contributed by atoms with Crippen molar-refractivity contribution in [3.8, 4) is 11.8 Å². The Hall–Kier alpha value is -2.98. The van der Waals surface area contributed by atoms with Crippen molar-refractivity contribution < 1.29 is 18.3 Å². The molecule has 2 aromatic carbocycles. The Bertz CT molecular complexity index is 761. The Morgan fingerprint density at radius 1 is 1.15 bits per heavy atom. The number of amides is 1. The maximum absolute atomic E-state index is 12.7. The molecule has 0 spiro atoms. The fraction of sp³-hybridized carbons (Fsp3) is 0.300. The third kappa shape index (κ3) is 6.68. The molecule has 0 bridgehead atoms. The molecule has 0 saturated carbocycles. The summed E-state index contributed by atoms with van der Waals surface area (Å²) in [5.41, 5.74) is 1.62. The van der Waals surface area contributed by atoms with Crippen LogP contribution in [0.5, 0.6) is 5.75 Å². The van der Waals surface area contributed by atoms with Crippen LogP contribution in [0.25, 0.3) is 0 Å². The number of benzene rings is 2. The molecular formula is C20H21F2N3O2. The van der Waals surface area contributed by atoms with Gasteiger partial charge in [-0.25, -0.2) is 0 Å². The fourth-order valence-electron chi connectivity index (χ4n) is 2.63. The number of hydrogen-bond donors (Lipinski definition) is 0. The molecule has 0 fully saturated rings. The van der Waals surface area contributed by atoms with Crippen LogP contribution >= 0.6 is 0 Å². The normalized spacial score (nSPS) is 10.7. The summed E-state index contributed by atoms with van der Waals surface area (Å²) in [5.74, 6) is -0.0177. The maximum atomic E-state index is 12.7. The SMILES string of the molecule is CN(CC(=O)N(CCC#N)c1ccccc1)Cc1ccc(OC(F)F)cc1. The molecular weight excluding hydrogens is 352 g/mol. The van der Waals surface area contributed by atoms with E-state index < -0.39 is 6.61 Å².